The quantitative estimate of drug-likeness (QED) is 0.883. The Hall–Kier alpha value is -1.55. The molecule has 1 aliphatic heterocycles. The van der Waals surface area contributed by atoms with Gasteiger partial charge in [0.25, 0.3) is 0 Å². The summed E-state index contributed by atoms with van der Waals surface area (Å²) in [5.41, 5.74) is 2.04. The summed E-state index contributed by atoms with van der Waals surface area (Å²) in [5.74, 6) is 1.46. The Balaban J connectivity index is 2.04. The van der Waals surface area contributed by atoms with Crippen LogP contribution in [0.3, 0.4) is 0 Å². The normalized spacial score (nSPS) is 17.6. The van der Waals surface area contributed by atoms with Crippen molar-refractivity contribution in [3.8, 4) is 5.75 Å². The molecule has 2 aromatic rings. The highest BCUT2D eigenvalue weighted by Crippen LogP contribution is 2.36. The van der Waals surface area contributed by atoms with Crippen LogP contribution in [-0.4, -0.2) is 28.9 Å². The van der Waals surface area contributed by atoms with Crippen LogP contribution in [0.1, 0.15) is 45.2 Å². The van der Waals surface area contributed by atoms with E-state index in [1.54, 1.807) is 0 Å². The number of fused-ring (bicyclic) bond motifs is 1. The Morgan fingerprint density at radius 1 is 1.20 bits per heavy atom. The highest BCUT2D eigenvalue weighted by Gasteiger charge is 2.23. The van der Waals surface area contributed by atoms with Gasteiger partial charge in [0.15, 0.2) is 0 Å². The molecule has 1 aliphatic rings. The van der Waals surface area contributed by atoms with Gasteiger partial charge in [-0.05, 0) is 58.8 Å². The van der Waals surface area contributed by atoms with Crippen LogP contribution in [0, 0.1) is 0 Å². The zero-order valence-electron chi connectivity index (χ0n) is 12.5. The van der Waals surface area contributed by atoms with Crippen molar-refractivity contribution >= 4 is 10.9 Å². The molecule has 0 saturated carbocycles. The molecule has 4 nitrogen and oxygen atoms in total. The molecule has 1 aromatic carbocycles. The van der Waals surface area contributed by atoms with Crippen LogP contribution in [0.5, 0.6) is 5.75 Å². The smallest absolute Gasteiger partial charge is 0.131 e. The minimum absolute atomic E-state index is 0.197. The number of nitrogens with zero attached hydrogens (tertiary/aromatic N) is 1. The molecule has 20 heavy (non-hydrogen) atoms. The third kappa shape index (κ3) is 2.66. The maximum absolute atomic E-state index is 6.13. The zero-order valence-corrected chi connectivity index (χ0v) is 12.5. The fraction of sp³-hybridized carbons (Fsp3) is 0.562. The first-order valence-corrected chi connectivity index (χ1v) is 7.41. The molecule has 0 radical (unpaired) electrons. The van der Waals surface area contributed by atoms with Gasteiger partial charge in [-0.15, -0.1) is 0 Å². The van der Waals surface area contributed by atoms with Crippen molar-refractivity contribution in [3.05, 3.63) is 23.9 Å². The van der Waals surface area contributed by atoms with Crippen LogP contribution < -0.4 is 10.1 Å². The molecule has 0 spiro atoms. The first kappa shape index (κ1) is 13.4. The molecule has 0 unspecified atom stereocenters. The summed E-state index contributed by atoms with van der Waals surface area (Å²) in [4.78, 5) is 0. The molecular formula is C16H23N3O. The van der Waals surface area contributed by atoms with Crippen molar-refractivity contribution in [1.29, 1.82) is 0 Å². The predicted octanol–water partition coefficient (Wildman–Crippen LogP) is 3.21. The lowest BCUT2D eigenvalue weighted by atomic mass is 9.92. The number of aromatic nitrogens is 2. The average Bonchev–Trinajstić information content (AvgIpc) is 2.83. The van der Waals surface area contributed by atoms with Gasteiger partial charge in [0.2, 0.25) is 0 Å². The second-order valence-corrected chi connectivity index (χ2v) is 6.53. The first-order valence-electron chi connectivity index (χ1n) is 7.41. The van der Waals surface area contributed by atoms with Crippen LogP contribution in [0.15, 0.2) is 18.2 Å². The maximum Gasteiger partial charge on any atom is 0.131 e. The summed E-state index contributed by atoms with van der Waals surface area (Å²) in [6.07, 6.45) is 2.29. The summed E-state index contributed by atoms with van der Waals surface area (Å²) in [7, 11) is 0. The Morgan fingerprint density at radius 2 is 1.95 bits per heavy atom. The van der Waals surface area contributed by atoms with Crippen LogP contribution >= 0.6 is 0 Å². The van der Waals surface area contributed by atoms with E-state index in [1.807, 2.05) is 12.1 Å². The third-order valence-corrected chi connectivity index (χ3v) is 3.72. The van der Waals surface area contributed by atoms with Crippen molar-refractivity contribution in [2.75, 3.05) is 13.1 Å². The van der Waals surface area contributed by atoms with Crippen molar-refractivity contribution in [3.63, 3.8) is 0 Å². The van der Waals surface area contributed by atoms with Gasteiger partial charge in [0.05, 0.1) is 16.6 Å². The van der Waals surface area contributed by atoms with Crippen molar-refractivity contribution in [2.24, 2.45) is 0 Å². The van der Waals surface area contributed by atoms with Crippen LogP contribution in [0.4, 0.5) is 0 Å². The van der Waals surface area contributed by atoms with Crippen LogP contribution in [0.25, 0.3) is 10.9 Å². The van der Waals surface area contributed by atoms with Crippen molar-refractivity contribution in [1.82, 2.24) is 15.5 Å². The average molecular weight is 273 g/mol. The summed E-state index contributed by atoms with van der Waals surface area (Å²) >= 11 is 0. The Morgan fingerprint density at radius 3 is 2.65 bits per heavy atom. The molecule has 108 valence electrons. The van der Waals surface area contributed by atoms with E-state index in [1.165, 1.54) is 5.69 Å². The lowest BCUT2D eigenvalue weighted by Gasteiger charge is -2.24. The standard InChI is InChI=1S/C16H23N3O/c1-16(2,3)20-13-6-4-5-12-14(13)15(19-18-12)11-7-9-17-10-8-11/h4-6,11,17H,7-10H2,1-3H3,(H,18,19). The molecule has 2 N–H and O–H groups in total. The number of piperidine rings is 1. The lowest BCUT2D eigenvalue weighted by molar-refractivity contribution is 0.133. The van der Waals surface area contributed by atoms with Gasteiger partial charge in [0, 0.05) is 5.92 Å². The number of nitrogens with one attached hydrogen (secondary N) is 2. The summed E-state index contributed by atoms with van der Waals surface area (Å²) in [6.45, 7) is 8.38. The minimum atomic E-state index is -0.197. The van der Waals surface area contributed by atoms with E-state index in [4.69, 9.17) is 4.74 Å². The molecule has 0 amide bonds. The lowest BCUT2D eigenvalue weighted by Crippen LogP contribution is -2.27. The Labute approximate surface area is 119 Å². The molecule has 3 rings (SSSR count). The Bertz CT molecular complexity index is 591. The van der Waals surface area contributed by atoms with E-state index in [9.17, 15) is 0 Å². The summed E-state index contributed by atoms with van der Waals surface area (Å²) < 4.78 is 6.13. The highest BCUT2D eigenvalue weighted by molar-refractivity contribution is 5.88. The van der Waals surface area contributed by atoms with E-state index in [0.29, 0.717) is 5.92 Å². The topological polar surface area (TPSA) is 49.9 Å². The predicted molar refractivity (Wildman–Crippen MR) is 81.3 cm³/mol. The number of rotatable bonds is 2. The van der Waals surface area contributed by atoms with Gasteiger partial charge in [0.1, 0.15) is 11.4 Å². The molecule has 1 fully saturated rings. The fourth-order valence-corrected chi connectivity index (χ4v) is 2.87. The number of ether oxygens (including phenoxy) is 1. The molecule has 2 heterocycles. The molecule has 0 atom stereocenters. The van der Waals surface area contributed by atoms with Gasteiger partial charge in [-0.25, -0.2) is 0 Å². The first-order chi connectivity index (χ1) is 9.54. The maximum atomic E-state index is 6.13. The van der Waals surface area contributed by atoms with Crippen LogP contribution in [-0.2, 0) is 0 Å². The van der Waals surface area contributed by atoms with Gasteiger partial charge in [-0.2, -0.15) is 5.10 Å². The molecule has 4 heteroatoms. The second-order valence-electron chi connectivity index (χ2n) is 6.53. The Kier molecular flexibility index (Phi) is 3.42. The van der Waals surface area contributed by atoms with Crippen molar-refractivity contribution < 1.29 is 4.74 Å². The number of aromatic amines is 1. The van der Waals surface area contributed by atoms with Crippen molar-refractivity contribution in [2.45, 2.75) is 45.1 Å². The van der Waals surface area contributed by atoms with E-state index < -0.39 is 0 Å². The molecule has 0 aliphatic carbocycles. The van der Waals surface area contributed by atoms with E-state index in [-0.39, 0.29) is 5.60 Å². The zero-order chi connectivity index (χ0) is 14.2. The monoisotopic (exact) mass is 273 g/mol. The fourth-order valence-electron chi connectivity index (χ4n) is 2.87. The molecule has 1 saturated heterocycles. The second kappa shape index (κ2) is 5.09. The summed E-state index contributed by atoms with van der Waals surface area (Å²) in [6, 6.07) is 6.14. The van der Waals surface area contributed by atoms with E-state index in [0.717, 1.165) is 42.6 Å². The van der Waals surface area contributed by atoms with Gasteiger partial charge < -0.3 is 10.1 Å². The number of benzene rings is 1. The number of H-pyrrole nitrogens is 1. The summed E-state index contributed by atoms with van der Waals surface area (Å²) in [5, 5.41) is 12.3. The van der Waals surface area contributed by atoms with Gasteiger partial charge in [-0.1, -0.05) is 6.07 Å². The number of hydrogen-bond donors (Lipinski definition) is 2. The molecular weight excluding hydrogens is 250 g/mol. The third-order valence-electron chi connectivity index (χ3n) is 3.72. The van der Waals surface area contributed by atoms with E-state index >= 15 is 0 Å². The highest BCUT2D eigenvalue weighted by atomic mass is 16.5. The van der Waals surface area contributed by atoms with Gasteiger partial charge >= 0.3 is 0 Å². The van der Waals surface area contributed by atoms with Crippen LogP contribution in [0.2, 0.25) is 0 Å². The van der Waals surface area contributed by atoms with Gasteiger partial charge in [-0.3, -0.25) is 5.10 Å². The molecule has 1 aromatic heterocycles. The largest absolute Gasteiger partial charge is 0.487 e. The SMILES string of the molecule is CC(C)(C)Oc1cccc2[nH]nc(C3CCNCC3)c12. The van der Waals surface area contributed by atoms with E-state index in [2.05, 4.69) is 42.4 Å². The molecule has 0 bridgehead atoms. The minimum Gasteiger partial charge on any atom is -0.487 e. The number of hydrogen-bond acceptors (Lipinski definition) is 3.